The van der Waals surface area contributed by atoms with E-state index in [4.69, 9.17) is 0 Å². The Morgan fingerprint density at radius 3 is 1.97 bits per heavy atom. The first-order valence-electron chi connectivity index (χ1n) is 11.0. The Kier molecular flexibility index (Phi) is 8.56. The van der Waals surface area contributed by atoms with E-state index in [0.717, 1.165) is 0 Å². The van der Waals surface area contributed by atoms with Crippen molar-refractivity contribution in [1.82, 2.24) is 15.4 Å². The lowest BCUT2D eigenvalue weighted by atomic mass is 10.0. The normalized spacial score (nSPS) is 12.2. The SMILES string of the molecule is CC(C)NS(=O)(=O)Cc1ccccc1CNC(=O)C(NC(=O)c1ccccc1)c1ccccc1. The maximum atomic E-state index is 13.2. The summed E-state index contributed by atoms with van der Waals surface area (Å²) in [7, 11) is -3.52. The third-order valence-electron chi connectivity index (χ3n) is 5.04. The number of hydrogen-bond acceptors (Lipinski definition) is 4. The molecule has 3 rings (SSSR count). The van der Waals surface area contributed by atoms with E-state index in [1.54, 1.807) is 86.6 Å². The lowest BCUT2D eigenvalue weighted by Gasteiger charge is -2.20. The Morgan fingerprint density at radius 1 is 0.794 bits per heavy atom. The summed E-state index contributed by atoms with van der Waals surface area (Å²) in [6, 6.07) is 23.6. The molecule has 1 atom stereocenters. The molecule has 2 amide bonds. The summed E-state index contributed by atoms with van der Waals surface area (Å²) in [5.41, 5.74) is 2.37. The van der Waals surface area contributed by atoms with Gasteiger partial charge in [0.05, 0.1) is 5.75 Å². The van der Waals surface area contributed by atoms with Crippen LogP contribution in [0.15, 0.2) is 84.9 Å². The molecule has 1 unspecified atom stereocenters. The molecule has 0 saturated heterocycles. The first-order valence-corrected chi connectivity index (χ1v) is 12.7. The fraction of sp³-hybridized carbons (Fsp3) is 0.231. The summed E-state index contributed by atoms with van der Waals surface area (Å²) in [4.78, 5) is 25.9. The molecule has 0 bridgehead atoms. The number of amides is 2. The topological polar surface area (TPSA) is 104 Å². The molecule has 3 aromatic rings. The highest BCUT2D eigenvalue weighted by molar-refractivity contribution is 7.88. The van der Waals surface area contributed by atoms with Gasteiger partial charge in [-0.15, -0.1) is 0 Å². The predicted octanol–water partition coefficient (Wildman–Crippen LogP) is 3.30. The Bertz CT molecular complexity index is 1210. The fourth-order valence-corrected chi connectivity index (χ4v) is 5.00. The highest BCUT2D eigenvalue weighted by Gasteiger charge is 2.23. The van der Waals surface area contributed by atoms with Crippen LogP contribution in [0.3, 0.4) is 0 Å². The van der Waals surface area contributed by atoms with E-state index in [9.17, 15) is 18.0 Å². The predicted molar refractivity (Wildman–Crippen MR) is 132 cm³/mol. The van der Waals surface area contributed by atoms with Crippen molar-refractivity contribution in [2.45, 2.75) is 38.2 Å². The first kappa shape index (κ1) is 25.1. The molecular formula is C26H29N3O4S. The van der Waals surface area contributed by atoms with Crippen LogP contribution in [0, 0.1) is 0 Å². The average molecular weight is 480 g/mol. The number of hydrogen-bond donors (Lipinski definition) is 3. The van der Waals surface area contributed by atoms with Crippen LogP contribution in [0.2, 0.25) is 0 Å². The molecule has 178 valence electrons. The van der Waals surface area contributed by atoms with Gasteiger partial charge in [-0.1, -0.05) is 72.8 Å². The third-order valence-corrected chi connectivity index (χ3v) is 6.56. The number of nitrogens with one attached hydrogen (secondary N) is 3. The van der Waals surface area contributed by atoms with Gasteiger partial charge in [-0.05, 0) is 42.7 Å². The van der Waals surface area contributed by atoms with Crippen molar-refractivity contribution >= 4 is 21.8 Å². The van der Waals surface area contributed by atoms with Crippen LogP contribution in [-0.2, 0) is 27.1 Å². The zero-order chi connectivity index (χ0) is 24.6. The molecule has 0 saturated carbocycles. The lowest BCUT2D eigenvalue weighted by molar-refractivity contribution is -0.123. The molecule has 0 spiro atoms. The quantitative estimate of drug-likeness (QED) is 0.415. The minimum absolute atomic E-state index is 0.122. The molecule has 3 aromatic carbocycles. The van der Waals surface area contributed by atoms with Crippen LogP contribution >= 0.6 is 0 Å². The summed E-state index contributed by atoms with van der Waals surface area (Å²) in [5.74, 6) is -0.950. The minimum Gasteiger partial charge on any atom is -0.350 e. The molecule has 34 heavy (non-hydrogen) atoms. The Labute approximate surface area is 200 Å². The van der Waals surface area contributed by atoms with Crippen LogP contribution in [0.5, 0.6) is 0 Å². The van der Waals surface area contributed by atoms with Gasteiger partial charge < -0.3 is 10.6 Å². The molecular weight excluding hydrogens is 450 g/mol. The summed E-state index contributed by atoms with van der Waals surface area (Å²) in [6.07, 6.45) is 0. The van der Waals surface area contributed by atoms with Gasteiger partial charge in [0.1, 0.15) is 6.04 Å². The zero-order valence-electron chi connectivity index (χ0n) is 19.2. The molecule has 0 aliphatic carbocycles. The van der Waals surface area contributed by atoms with Crippen molar-refractivity contribution < 1.29 is 18.0 Å². The van der Waals surface area contributed by atoms with Crippen LogP contribution in [-0.4, -0.2) is 26.3 Å². The third kappa shape index (κ3) is 7.26. The summed E-state index contributed by atoms with van der Waals surface area (Å²) >= 11 is 0. The second-order valence-corrected chi connectivity index (χ2v) is 9.96. The van der Waals surface area contributed by atoms with Gasteiger partial charge in [-0.25, -0.2) is 13.1 Å². The van der Waals surface area contributed by atoms with E-state index < -0.39 is 22.0 Å². The molecule has 7 nitrogen and oxygen atoms in total. The van der Waals surface area contributed by atoms with Crippen LogP contribution < -0.4 is 15.4 Å². The van der Waals surface area contributed by atoms with Gasteiger partial charge >= 0.3 is 0 Å². The van der Waals surface area contributed by atoms with E-state index in [0.29, 0.717) is 22.3 Å². The van der Waals surface area contributed by atoms with Crippen molar-refractivity contribution in [2.75, 3.05) is 0 Å². The zero-order valence-corrected chi connectivity index (χ0v) is 20.0. The maximum absolute atomic E-state index is 13.2. The monoisotopic (exact) mass is 479 g/mol. The van der Waals surface area contributed by atoms with Gasteiger partial charge in [0.25, 0.3) is 5.91 Å². The summed E-state index contributed by atoms with van der Waals surface area (Å²) in [5, 5.41) is 5.66. The van der Waals surface area contributed by atoms with Crippen molar-refractivity contribution in [1.29, 1.82) is 0 Å². The second-order valence-electron chi connectivity index (χ2n) is 8.20. The van der Waals surface area contributed by atoms with Crippen molar-refractivity contribution in [3.05, 3.63) is 107 Å². The summed E-state index contributed by atoms with van der Waals surface area (Å²) in [6.45, 7) is 3.64. The average Bonchev–Trinajstić information content (AvgIpc) is 2.81. The molecule has 3 N–H and O–H groups in total. The van der Waals surface area contributed by atoms with Gasteiger partial charge in [0.15, 0.2) is 0 Å². The Hall–Kier alpha value is -3.49. The van der Waals surface area contributed by atoms with E-state index in [-0.39, 0.29) is 24.2 Å². The number of sulfonamides is 1. The summed E-state index contributed by atoms with van der Waals surface area (Å²) < 4.78 is 27.4. The Balaban J connectivity index is 1.76. The largest absolute Gasteiger partial charge is 0.350 e. The standard InChI is InChI=1S/C26H29N3O4S/c1-19(2)29-34(32,33)18-23-16-10-9-15-22(23)17-27-26(31)24(20-11-5-3-6-12-20)28-25(30)21-13-7-4-8-14-21/h3-16,19,24,29H,17-18H2,1-2H3,(H,27,31)(H,28,30). The number of carbonyl (C=O) groups excluding carboxylic acids is 2. The molecule has 8 heteroatoms. The van der Waals surface area contributed by atoms with E-state index >= 15 is 0 Å². The van der Waals surface area contributed by atoms with Crippen molar-refractivity contribution in [3.8, 4) is 0 Å². The van der Waals surface area contributed by atoms with Crippen LogP contribution in [0.1, 0.15) is 46.9 Å². The molecule has 0 heterocycles. The number of rotatable bonds is 10. The van der Waals surface area contributed by atoms with Gasteiger partial charge in [0, 0.05) is 18.2 Å². The second kappa shape index (κ2) is 11.6. The fourth-order valence-electron chi connectivity index (χ4n) is 3.51. The van der Waals surface area contributed by atoms with Crippen LogP contribution in [0.4, 0.5) is 0 Å². The molecule has 0 aliphatic rings. The highest BCUT2D eigenvalue weighted by atomic mass is 32.2. The molecule has 0 aromatic heterocycles. The van der Waals surface area contributed by atoms with Crippen LogP contribution in [0.25, 0.3) is 0 Å². The van der Waals surface area contributed by atoms with E-state index in [2.05, 4.69) is 15.4 Å². The molecule has 0 fully saturated rings. The van der Waals surface area contributed by atoms with E-state index in [1.165, 1.54) is 0 Å². The molecule has 0 aliphatic heterocycles. The van der Waals surface area contributed by atoms with Gasteiger partial charge in [-0.2, -0.15) is 0 Å². The highest BCUT2D eigenvalue weighted by Crippen LogP contribution is 2.16. The maximum Gasteiger partial charge on any atom is 0.252 e. The van der Waals surface area contributed by atoms with Crippen molar-refractivity contribution in [3.63, 3.8) is 0 Å². The van der Waals surface area contributed by atoms with Gasteiger partial charge in [-0.3, -0.25) is 9.59 Å². The first-order chi connectivity index (χ1) is 16.2. The Morgan fingerprint density at radius 2 is 1.35 bits per heavy atom. The smallest absolute Gasteiger partial charge is 0.252 e. The van der Waals surface area contributed by atoms with E-state index in [1.807, 2.05) is 12.1 Å². The number of benzene rings is 3. The van der Waals surface area contributed by atoms with Gasteiger partial charge in [0.2, 0.25) is 15.9 Å². The lowest BCUT2D eigenvalue weighted by Crippen LogP contribution is -2.40. The minimum atomic E-state index is -3.52. The van der Waals surface area contributed by atoms with Crippen molar-refractivity contribution in [2.24, 2.45) is 0 Å². The number of carbonyl (C=O) groups is 2. The molecule has 0 radical (unpaired) electrons.